The first kappa shape index (κ1) is 20.7. The maximum absolute atomic E-state index is 14.5. The van der Waals surface area contributed by atoms with Crippen LogP contribution in [0.1, 0.15) is 49.3 Å². The summed E-state index contributed by atoms with van der Waals surface area (Å²) in [6.45, 7) is 6.19. The standard InChI is InChI=1S/C18H27FN2.2ClH/c1-14-7-8-17(19)16(13-14)18(15-5-3-2-4-6-15)21-11-9-20-10-12-21;;/h7-8,13,15,18,20H,2-6,9-12H2,1H3;2*1H/t18-;;/m0../s1. The number of hydrogen-bond donors (Lipinski definition) is 1. The van der Waals surface area contributed by atoms with Crippen LogP contribution < -0.4 is 5.32 Å². The zero-order valence-corrected chi connectivity index (χ0v) is 15.5. The van der Waals surface area contributed by atoms with Crippen LogP contribution >= 0.6 is 24.8 Å². The van der Waals surface area contributed by atoms with Gasteiger partial charge in [0.05, 0.1) is 0 Å². The second-order valence-corrected chi connectivity index (χ2v) is 6.65. The van der Waals surface area contributed by atoms with Crippen LogP contribution in [-0.4, -0.2) is 31.1 Å². The van der Waals surface area contributed by atoms with Crippen molar-refractivity contribution in [3.05, 3.63) is 35.1 Å². The summed E-state index contributed by atoms with van der Waals surface area (Å²) in [5.74, 6) is 0.600. The van der Waals surface area contributed by atoms with Crippen molar-refractivity contribution in [1.82, 2.24) is 10.2 Å². The Kier molecular flexibility index (Phi) is 8.84. The number of nitrogens with zero attached hydrogens (tertiary/aromatic N) is 1. The molecule has 2 fully saturated rings. The Balaban J connectivity index is 0.00000132. The van der Waals surface area contributed by atoms with E-state index < -0.39 is 0 Å². The minimum absolute atomic E-state index is 0. The van der Waals surface area contributed by atoms with Crippen molar-refractivity contribution in [2.24, 2.45) is 5.92 Å². The number of halogens is 3. The van der Waals surface area contributed by atoms with Crippen LogP contribution in [0.15, 0.2) is 18.2 Å². The Morgan fingerprint density at radius 1 is 1.09 bits per heavy atom. The topological polar surface area (TPSA) is 15.3 Å². The van der Waals surface area contributed by atoms with Gasteiger partial charge >= 0.3 is 0 Å². The molecule has 0 radical (unpaired) electrons. The van der Waals surface area contributed by atoms with Gasteiger partial charge in [0.2, 0.25) is 0 Å². The maximum Gasteiger partial charge on any atom is 0.128 e. The molecule has 1 N–H and O–H groups in total. The zero-order chi connectivity index (χ0) is 14.7. The van der Waals surface area contributed by atoms with E-state index in [0.717, 1.165) is 31.7 Å². The maximum atomic E-state index is 14.5. The fraction of sp³-hybridized carbons (Fsp3) is 0.667. The summed E-state index contributed by atoms with van der Waals surface area (Å²) in [5, 5.41) is 3.41. The largest absolute Gasteiger partial charge is 0.314 e. The van der Waals surface area contributed by atoms with Gasteiger partial charge < -0.3 is 5.32 Å². The van der Waals surface area contributed by atoms with Gasteiger partial charge in [0.15, 0.2) is 0 Å². The monoisotopic (exact) mass is 362 g/mol. The molecule has 0 unspecified atom stereocenters. The van der Waals surface area contributed by atoms with Gasteiger partial charge in [-0.25, -0.2) is 4.39 Å². The normalized spacial score (nSPS) is 21.1. The van der Waals surface area contributed by atoms with Gasteiger partial charge in [0.25, 0.3) is 0 Å². The third kappa shape index (κ3) is 5.06. The number of benzene rings is 1. The predicted octanol–water partition coefficient (Wildman–Crippen LogP) is 4.50. The molecule has 3 rings (SSSR count). The molecule has 23 heavy (non-hydrogen) atoms. The highest BCUT2D eigenvalue weighted by atomic mass is 35.5. The SMILES string of the molecule is Cc1ccc(F)c([C@H](C2CCCCC2)N2CCNCC2)c1.Cl.Cl. The smallest absolute Gasteiger partial charge is 0.128 e. The summed E-state index contributed by atoms with van der Waals surface area (Å²) in [5.41, 5.74) is 2.10. The molecule has 1 aliphatic heterocycles. The minimum Gasteiger partial charge on any atom is -0.314 e. The van der Waals surface area contributed by atoms with Crippen molar-refractivity contribution in [2.45, 2.75) is 45.1 Å². The molecule has 0 spiro atoms. The second-order valence-electron chi connectivity index (χ2n) is 6.65. The molecule has 1 aliphatic carbocycles. The van der Waals surface area contributed by atoms with Gasteiger partial charge in [-0.3, -0.25) is 4.90 Å². The van der Waals surface area contributed by atoms with E-state index in [4.69, 9.17) is 0 Å². The zero-order valence-electron chi connectivity index (χ0n) is 13.9. The van der Waals surface area contributed by atoms with Gasteiger partial charge in [0, 0.05) is 37.8 Å². The lowest BCUT2D eigenvalue weighted by atomic mass is 9.79. The summed E-state index contributed by atoms with van der Waals surface area (Å²) < 4.78 is 14.5. The lowest BCUT2D eigenvalue weighted by Gasteiger charge is -2.41. The Morgan fingerprint density at radius 2 is 1.74 bits per heavy atom. The third-order valence-electron chi connectivity index (χ3n) is 5.11. The average Bonchev–Trinajstić information content (AvgIpc) is 2.53. The second kappa shape index (κ2) is 9.83. The number of piperazine rings is 1. The number of rotatable bonds is 3. The molecule has 1 heterocycles. The van der Waals surface area contributed by atoms with E-state index in [1.165, 1.54) is 37.7 Å². The molecule has 1 saturated carbocycles. The van der Waals surface area contributed by atoms with E-state index in [0.29, 0.717) is 5.92 Å². The number of aryl methyl sites for hydroxylation is 1. The highest BCUT2D eigenvalue weighted by molar-refractivity contribution is 5.85. The summed E-state index contributed by atoms with van der Waals surface area (Å²) >= 11 is 0. The molecule has 0 aromatic heterocycles. The van der Waals surface area contributed by atoms with Crippen LogP contribution in [0.3, 0.4) is 0 Å². The van der Waals surface area contributed by atoms with Gasteiger partial charge in [-0.1, -0.05) is 37.0 Å². The van der Waals surface area contributed by atoms with Gasteiger partial charge in [-0.2, -0.15) is 0 Å². The quantitative estimate of drug-likeness (QED) is 0.850. The van der Waals surface area contributed by atoms with Crippen LogP contribution in [0.25, 0.3) is 0 Å². The fourth-order valence-electron chi connectivity index (χ4n) is 4.05. The molecular weight excluding hydrogens is 334 g/mol. The lowest BCUT2D eigenvalue weighted by molar-refractivity contribution is 0.101. The van der Waals surface area contributed by atoms with Gasteiger partial charge in [-0.15, -0.1) is 24.8 Å². The highest BCUT2D eigenvalue weighted by Gasteiger charge is 2.32. The van der Waals surface area contributed by atoms with Crippen molar-refractivity contribution in [1.29, 1.82) is 0 Å². The fourth-order valence-corrected chi connectivity index (χ4v) is 4.05. The molecule has 132 valence electrons. The first-order valence-electron chi connectivity index (χ1n) is 8.46. The average molecular weight is 363 g/mol. The molecule has 5 heteroatoms. The Hall–Kier alpha value is -0.350. The Bertz CT molecular complexity index is 454. The summed E-state index contributed by atoms with van der Waals surface area (Å²) in [6, 6.07) is 5.89. The van der Waals surface area contributed by atoms with Crippen LogP contribution in [0, 0.1) is 18.7 Å². The van der Waals surface area contributed by atoms with E-state index in [1.807, 2.05) is 6.07 Å². The molecule has 1 saturated heterocycles. The van der Waals surface area contributed by atoms with Crippen molar-refractivity contribution >= 4 is 24.8 Å². The van der Waals surface area contributed by atoms with Crippen LogP contribution in [0.2, 0.25) is 0 Å². The lowest BCUT2D eigenvalue weighted by Crippen LogP contribution is -2.47. The summed E-state index contributed by atoms with van der Waals surface area (Å²) in [6.07, 6.45) is 6.46. The highest BCUT2D eigenvalue weighted by Crippen LogP contribution is 2.39. The number of nitrogens with one attached hydrogen (secondary N) is 1. The van der Waals surface area contributed by atoms with E-state index >= 15 is 0 Å². The first-order valence-corrected chi connectivity index (χ1v) is 8.46. The molecule has 0 amide bonds. The Labute approximate surface area is 152 Å². The first-order chi connectivity index (χ1) is 10.3. The third-order valence-corrected chi connectivity index (χ3v) is 5.11. The van der Waals surface area contributed by atoms with Crippen molar-refractivity contribution in [3.8, 4) is 0 Å². The van der Waals surface area contributed by atoms with Crippen LogP contribution in [-0.2, 0) is 0 Å². The number of hydrogen-bond acceptors (Lipinski definition) is 2. The molecule has 1 aromatic rings. The van der Waals surface area contributed by atoms with Crippen LogP contribution in [0.4, 0.5) is 4.39 Å². The molecule has 0 bridgehead atoms. The van der Waals surface area contributed by atoms with E-state index in [-0.39, 0.29) is 36.7 Å². The predicted molar refractivity (Wildman–Crippen MR) is 99.4 cm³/mol. The van der Waals surface area contributed by atoms with Crippen molar-refractivity contribution < 1.29 is 4.39 Å². The Morgan fingerprint density at radius 3 is 2.39 bits per heavy atom. The molecule has 1 aromatic carbocycles. The molecule has 2 aliphatic rings. The minimum atomic E-state index is -0.0188. The van der Waals surface area contributed by atoms with Crippen molar-refractivity contribution in [3.63, 3.8) is 0 Å². The van der Waals surface area contributed by atoms with E-state index in [2.05, 4.69) is 23.2 Å². The molecule has 1 atom stereocenters. The van der Waals surface area contributed by atoms with E-state index in [1.54, 1.807) is 6.07 Å². The van der Waals surface area contributed by atoms with E-state index in [9.17, 15) is 4.39 Å². The van der Waals surface area contributed by atoms with Gasteiger partial charge in [-0.05, 0) is 31.7 Å². The van der Waals surface area contributed by atoms with Crippen molar-refractivity contribution in [2.75, 3.05) is 26.2 Å². The van der Waals surface area contributed by atoms with Crippen LogP contribution in [0.5, 0.6) is 0 Å². The van der Waals surface area contributed by atoms with Gasteiger partial charge in [0.1, 0.15) is 5.82 Å². The summed E-state index contributed by atoms with van der Waals surface area (Å²) in [7, 11) is 0. The molecule has 2 nitrogen and oxygen atoms in total. The summed E-state index contributed by atoms with van der Waals surface area (Å²) in [4.78, 5) is 2.52. The molecular formula is C18H29Cl2FN2.